The van der Waals surface area contributed by atoms with Crippen molar-refractivity contribution in [3.8, 4) is 11.4 Å². The maximum absolute atomic E-state index is 6.69. The molecule has 4 rings (SSSR count). The molecule has 3 aromatic rings. The fourth-order valence-electron chi connectivity index (χ4n) is 4.33. The van der Waals surface area contributed by atoms with Crippen molar-refractivity contribution in [3.05, 3.63) is 64.4 Å². The lowest BCUT2D eigenvalue weighted by molar-refractivity contribution is 0.411. The number of anilines is 1. The topological polar surface area (TPSA) is 43.2 Å². The van der Waals surface area contributed by atoms with Gasteiger partial charge in [0.1, 0.15) is 11.6 Å². The number of aromatic nitrogens is 3. The lowest BCUT2D eigenvalue weighted by atomic mass is 10.0. The van der Waals surface area contributed by atoms with E-state index < -0.39 is 0 Å². The fraction of sp³-hybridized carbons (Fsp3) is 0.462. The summed E-state index contributed by atoms with van der Waals surface area (Å²) >= 11 is 6.69. The molecular weight excluding hydrogens is 455 g/mol. The Labute approximate surface area is 208 Å². The number of hydrogen-bond donors (Lipinski definition) is 0. The molecule has 1 aromatic heterocycles. The number of rotatable bonds is 10. The van der Waals surface area contributed by atoms with Crippen LogP contribution < -0.4 is 9.64 Å². The molecule has 0 radical (unpaired) electrons. The van der Waals surface area contributed by atoms with Crippen LogP contribution in [-0.2, 0) is 0 Å². The summed E-state index contributed by atoms with van der Waals surface area (Å²) in [7, 11) is 1.67. The molecular formula is C26H34Cl2N4O. The van der Waals surface area contributed by atoms with Gasteiger partial charge in [0.25, 0.3) is 0 Å². The van der Waals surface area contributed by atoms with Crippen LogP contribution in [0.25, 0.3) is 5.69 Å². The van der Waals surface area contributed by atoms with Crippen molar-refractivity contribution in [1.82, 2.24) is 14.8 Å². The molecule has 33 heavy (non-hydrogen) atoms. The highest BCUT2D eigenvalue weighted by Crippen LogP contribution is 2.42. The Morgan fingerprint density at radius 1 is 1.15 bits per heavy atom. The molecule has 1 atom stereocenters. The average molecular weight is 489 g/mol. The van der Waals surface area contributed by atoms with E-state index in [1.54, 1.807) is 7.11 Å². The van der Waals surface area contributed by atoms with Crippen LogP contribution in [0.5, 0.6) is 5.75 Å². The van der Waals surface area contributed by atoms with Crippen LogP contribution in [0.3, 0.4) is 0 Å². The highest BCUT2D eigenvalue weighted by molar-refractivity contribution is 6.32. The van der Waals surface area contributed by atoms with Crippen LogP contribution in [0, 0.1) is 6.92 Å². The van der Waals surface area contributed by atoms with E-state index in [4.69, 9.17) is 26.4 Å². The predicted octanol–water partition coefficient (Wildman–Crippen LogP) is 7.29. The van der Waals surface area contributed by atoms with Gasteiger partial charge in [-0.1, -0.05) is 62.2 Å². The van der Waals surface area contributed by atoms with Gasteiger partial charge < -0.3 is 9.64 Å². The van der Waals surface area contributed by atoms with Crippen LogP contribution in [0.4, 0.5) is 5.95 Å². The summed E-state index contributed by atoms with van der Waals surface area (Å²) in [6, 6.07) is 14.9. The first-order valence-electron chi connectivity index (χ1n) is 11.7. The molecule has 0 amide bonds. The van der Waals surface area contributed by atoms with Gasteiger partial charge in [-0.3, -0.25) is 0 Å². The normalized spacial score (nSPS) is 14.0. The first-order chi connectivity index (χ1) is 15.6. The van der Waals surface area contributed by atoms with Crippen LogP contribution in [-0.4, -0.2) is 28.4 Å². The standard InChI is InChI=1S/C26H33ClN4O.ClH/c1-5-10-22(19-11-8-7-9-12-19)30(15-6-2)26-28-25(20-13-14-20)31(29-26)23-16-18(3)24(32-4)17-21(23)27;/h7-9,11-12,16-17,20,22H,5-6,10,13-15H2,1-4H3;1H. The van der Waals surface area contributed by atoms with Gasteiger partial charge in [-0.05, 0) is 49.8 Å². The van der Waals surface area contributed by atoms with Gasteiger partial charge in [0.05, 0.1) is 23.9 Å². The Morgan fingerprint density at radius 2 is 1.88 bits per heavy atom. The molecule has 1 fully saturated rings. The van der Waals surface area contributed by atoms with E-state index in [1.807, 2.05) is 17.7 Å². The first kappa shape index (κ1) is 25.4. The van der Waals surface area contributed by atoms with Crippen molar-refractivity contribution in [1.29, 1.82) is 0 Å². The molecule has 1 heterocycles. The van der Waals surface area contributed by atoms with Crippen LogP contribution in [0.2, 0.25) is 5.02 Å². The predicted molar refractivity (Wildman–Crippen MR) is 139 cm³/mol. The molecule has 178 valence electrons. The Hall–Kier alpha value is -2.24. The second-order valence-electron chi connectivity index (χ2n) is 8.64. The Bertz CT molecular complexity index is 1050. The SMILES string of the molecule is CCCC(c1ccccc1)N(CCC)c1nc(C2CC2)n(-c2cc(C)c(OC)cc2Cl)n1.Cl. The molecule has 7 heteroatoms. The number of ether oxygens (including phenoxy) is 1. The Balaban J connectivity index is 0.00000306. The minimum atomic E-state index is 0. The number of benzene rings is 2. The van der Waals surface area contributed by atoms with Gasteiger partial charge in [0.15, 0.2) is 0 Å². The molecule has 1 aliphatic rings. The summed E-state index contributed by atoms with van der Waals surface area (Å²) in [5.74, 6) is 3.03. The molecule has 0 spiro atoms. The lowest BCUT2D eigenvalue weighted by Gasteiger charge is -2.31. The van der Waals surface area contributed by atoms with Crippen molar-refractivity contribution in [2.45, 2.75) is 64.8 Å². The molecule has 5 nitrogen and oxygen atoms in total. The zero-order valence-corrected chi connectivity index (χ0v) is 21.5. The monoisotopic (exact) mass is 488 g/mol. The lowest BCUT2D eigenvalue weighted by Crippen LogP contribution is -2.30. The molecule has 0 N–H and O–H groups in total. The molecule has 1 saturated carbocycles. The highest BCUT2D eigenvalue weighted by Gasteiger charge is 2.33. The van der Waals surface area contributed by atoms with E-state index >= 15 is 0 Å². The van der Waals surface area contributed by atoms with E-state index in [0.29, 0.717) is 10.9 Å². The second-order valence-corrected chi connectivity index (χ2v) is 9.05. The van der Waals surface area contributed by atoms with Gasteiger partial charge in [-0.2, -0.15) is 4.98 Å². The van der Waals surface area contributed by atoms with Crippen molar-refractivity contribution in [2.24, 2.45) is 0 Å². The highest BCUT2D eigenvalue weighted by atomic mass is 35.5. The second kappa shape index (κ2) is 11.3. The molecule has 0 aliphatic heterocycles. The maximum Gasteiger partial charge on any atom is 0.245 e. The molecule has 0 saturated heterocycles. The number of methoxy groups -OCH3 is 1. The quantitative estimate of drug-likeness (QED) is 0.300. The van der Waals surface area contributed by atoms with Crippen molar-refractivity contribution in [2.75, 3.05) is 18.6 Å². The van der Waals surface area contributed by atoms with Gasteiger partial charge >= 0.3 is 0 Å². The third-order valence-corrected chi connectivity index (χ3v) is 6.40. The average Bonchev–Trinajstić information content (AvgIpc) is 3.56. The Morgan fingerprint density at radius 3 is 2.48 bits per heavy atom. The number of nitrogens with zero attached hydrogens (tertiary/aromatic N) is 4. The van der Waals surface area contributed by atoms with E-state index in [-0.39, 0.29) is 18.4 Å². The number of hydrogen-bond acceptors (Lipinski definition) is 4. The third kappa shape index (κ3) is 5.47. The van der Waals surface area contributed by atoms with Crippen LogP contribution in [0.15, 0.2) is 42.5 Å². The maximum atomic E-state index is 6.69. The third-order valence-electron chi connectivity index (χ3n) is 6.10. The number of aryl methyl sites for hydroxylation is 1. The first-order valence-corrected chi connectivity index (χ1v) is 12.1. The summed E-state index contributed by atoms with van der Waals surface area (Å²) in [5.41, 5.74) is 3.21. The summed E-state index contributed by atoms with van der Waals surface area (Å²) in [5, 5.41) is 5.68. The smallest absolute Gasteiger partial charge is 0.245 e. The molecule has 2 aromatic carbocycles. The molecule has 0 bridgehead atoms. The minimum absolute atomic E-state index is 0. The van der Waals surface area contributed by atoms with Gasteiger partial charge in [0.2, 0.25) is 5.95 Å². The minimum Gasteiger partial charge on any atom is -0.496 e. The molecule has 1 unspecified atom stereocenters. The van der Waals surface area contributed by atoms with Crippen molar-refractivity contribution >= 4 is 30.0 Å². The van der Waals surface area contributed by atoms with Crippen LogP contribution in [0.1, 0.15) is 74.9 Å². The molecule has 1 aliphatic carbocycles. The zero-order chi connectivity index (χ0) is 22.7. The largest absolute Gasteiger partial charge is 0.496 e. The number of halogens is 2. The van der Waals surface area contributed by atoms with Crippen LogP contribution >= 0.6 is 24.0 Å². The van der Waals surface area contributed by atoms with Crippen molar-refractivity contribution < 1.29 is 4.74 Å². The van der Waals surface area contributed by atoms with Gasteiger partial charge in [0, 0.05) is 18.5 Å². The Kier molecular flexibility index (Phi) is 8.66. The zero-order valence-electron chi connectivity index (χ0n) is 19.9. The van der Waals surface area contributed by atoms with E-state index in [1.165, 1.54) is 5.56 Å². The van der Waals surface area contributed by atoms with E-state index in [9.17, 15) is 0 Å². The summed E-state index contributed by atoms with van der Waals surface area (Å²) < 4.78 is 7.42. The summed E-state index contributed by atoms with van der Waals surface area (Å²) in [6.07, 6.45) is 5.48. The van der Waals surface area contributed by atoms with Gasteiger partial charge in [-0.15, -0.1) is 17.5 Å². The van der Waals surface area contributed by atoms with E-state index in [2.05, 4.69) is 55.1 Å². The summed E-state index contributed by atoms with van der Waals surface area (Å²) in [4.78, 5) is 7.48. The van der Waals surface area contributed by atoms with E-state index in [0.717, 1.165) is 67.4 Å². The van der Waals surface area contributed by atoms with Gasteiger partial charge in [-0.25, -0.2) is 4.68 Å². The van der Waals surface area contributed by atoms with Crippen molar-refractivity contribution in [3.63, 3.8) is 0 Å². The fourth-order valence-corrected chi connectivity index (χ4v) is 4.57. The summed E-state index contributed by atoms with van der Waals surface area (Å²) in [6.45, 7) is 7.39.